The Bertz CT molecular complexity index is 257. The summed E-state index contributed by atoms with van der Waals surface area (Å²) < 4.78 is 0. The second-order valence-electron chi connectivity index (χ2n) is 4.02. The number of hydrogen-bond acceptors (Lipinski definition) is 3. The van der Waals surface area contributed by atoms with Crippen molar-refractivity contribution in [3.8, 4) is 6.07 Å². The molecule has 0 N–H and O–H groups in total. The zero-order valence-corrected chi connectivity index (χ0v) is 9.03. The molecule has 0 aromatic heterocycles. The largest absolute Gasteiger partial charge is 0.347 e. The number of hydrogen-bond donors (Lipinski definition) is 0. The molecule has 1 aliphatic heterocycles. The molecule has 1 aliphatic rings. The van der Waals surface area contributed by atoms with Crippen molar-refractivity contribution in [2.45, 2.75) is 19.4 Å². The van der Waals surface area contributed by atoms with Crippen LogP contribution in [0, 0.1) is 17.2 Å². The van der Waals surface area contributed by atoms with Gasteiger partial charge >= 0.3 is 0 Å². The van der Waals surface area contributed by atoms with Crippen LogP contribution in [-0.2, 0) is 4.79 Å². The van der Waals surface area contributed by atoms with E-state index in [1.54, 1.807) is 19.0 Å². The molecule has 4 heteroatoms. The molecule has 1 amide bonds. The van der Waals surface area contributed by atoms with Gasteiger partial charge < -0.3 is 4.90 Å². The van der Waals surface area contributed by atoms with Gasteiger partial charge in [-0.3, -0.25) is 9.69 Å². The van der Waals surface area contributed by atoms with E-state index in [0.29, 0.717) is 0 Å². The number of nitriles is 1. The van der Waals surface area contributed by atoms with Crippen molar-refractivity contribution >= 4 is 5.91 Å². The van der Waals surface area contributed by atoms with Crippen molar-refractivity contribution in [3.63, 3.8) is 0 Å². The van der Waals surface area contributed by atoms with E-state index in [1.165, 1.54) is 0 Å². The van der Waals surface area contributed by atoms with Gasteiger partial charge in [-0.25, -0.2) is 0 Å². The van der Waals surface area contributed by atoms with Crippen molar-refractivity contribution in [2.24, 2.45) is 5.92 Å². The monoisotopic (exact) mass is 195 g/mol. The SMILES string of the molecule is CC(C(=O)N(C)C)N1CCC(C#N)C1. The highest BCUT2D eigenvalue weighted by molar-refractivity contribution is 5.80. The predicted octanol–water partition coefficient (Wildman–Crippen LogP) is 0.309. The van der Waals surface area contributed by atoms with Crippen LogP contribution in [0.4, 0.5) is 0 Å². The molecule has 0 aromatic carbocycles. The lowest BCUT2D eigenvalue weighted by molar-refractivity contribution is -0.133. The maximum atomic E-state index is 11.6. The van der Waals surface area contributed by atoms with Crippen LogP contribution in [0.25, 0.3) is 0 Å². The minimum absolute atomic E-state index is 0.0941. The molecule has 0 aliphatic carbocycles. The Morgan fingerprint density at radius 1 is 1.64 bits per heavy atom. The van der Waals surface area contributed by atoms with Crippen molar-refractivity contribution in [3.05, 3.63) is 0 Å². The predicted molar refractivity (Wildman–Crippen MR) is 53.4 cm³/mol. The molecule has 14 heavy (non-hydrogen) atoms. The van der Waals surface area contributed by atoms with Gasteiger partial charge in [0.15, 0.2) is 0 Å². The smallest absolute Gasteiger partial charge is 0.239 e. The van der Waals surface area contributed by atoms with Crippen LogP contribution in [0.5, 0.6) is 0 Å². The summed E-state index contributed by atoms with van der Waals surface area (Å²) >= 11 is 0. The van der Waals surface area contributed by atoms with Gasteiger partial charge in [-0.15, -0.1) is 0 Å². The third-order valence-electron chi connectivity index (χ3n) is 2.75. The van der Waals surface area contributed by atoms with Crippen molar-refractivity contribution in [1.82, 2.24) is 9.80 Å². The standard InChI is InChI=1S/C10H17N3O/c1-8(10(14)12(2)3)13-5-4-9(6-11)7-13/h8-9H,4-5,7H2,1-3H3. The van der Waals surface area contributed by atoms with Crippen LogP contribution in [-0.4, -0.2) is 48.9 Å². The van der Waals surface area contributed by atoms with Crippen molar-refractivity contribution in [1.29, 1.82) is 5.26 Å². The Labute approximate surface area is 85.1 Å². The quantitative estimate of drug-likeness (QED) is 0.637. The summed E-state index contributed by atoms with van der Waals surface area (Å²) in [5.41, 5.74) is 0. The van der Waals surface area contributed by atoms with Crippen LogP contribution < -0.4 is 0 Å². The van der Waals surface area contributed by atoms with E-state index in [1.807, 2.05) is 6.92 Å². The van der Waals surface area contributed by atoms with E-state index in [4.69, 9.17) is 5.26 Å². The molecule has 0 spiro atoms. The topological polar surface area (TPSA) is 47.3 Å². The third-order valence-corrected chi connectivity index (χ3v) is 2.75. The Balaban J connectivity index is 2.51. The molecule has 1 heterocycles. The Morgan fingerprint density at radius 2 is 2.29 bits per heavy atom. The Morgan fingerprint density at radius 3 is 2.71 bits per heavy atom. The van der Waals surface area contributed by atoms with E-state index >= 15 is 0 Å². The fourth-order valence-electron chi connectivity index (χ4n) is 1.77. The van der Waals surface area contributed by atoms with Gasteiger partial charge in [-0.1, -0.05) is 0 Å². The molecule has 0 bridgehead atoms. The third kappa shape index (κ3) is 2.24. The van der Waals surface area contributed by atoms with Crippen molar-refractivity contribution < 1.29 is 4.79 Å². The van der Waals surface area contributed by atoms with E-state index in [9.17, 15) is 4.79 Å². The fourth-order valence-corrected chi connectivity index (χ4v) is 1.77. The number of nitrogens with zero attached hydrogens (tertiary/aromatic N) is 3. The number of carbonyl (C=O) groups is 1. The molecule has 1 rings (SSSR count). The maximum Gasteiger partial charge on any atom is 0.239 e. The molecular formula is C10H17N3O. The average Bonchev–Trinajstić information content (AvgIpc) is 2.63. The van der Waals surface area contributed by atoms with Crippen LogP contribution in [0.15, 0.2) is 0 Å². The van der Waals surface area contributed by atoms with Crippen LogP contribution in [0.2, 0.25) is 0 Å². The first-order valence-corrected chi connectivity index (χ1v) is 4.91. The molecule has 1 saturated heterocycles. The summed E-state index contributed by atoms with van der Waals surface area (Å²) in [4.78, 5) is 15.3. The molecule has 2 atom stereocenters. The summed E-state index contributed by atoms with van der Waals surface area (Å²) in [6.07, 6.45) is 0.890. The average molecular weight is 195 g/mol. The Hall–Kier alpha value is -1.08. The number of likely N-dealkylation sites (N-methyl/N-ethyl adjacent to an activating group) is 1. The van der Waals surface area contributed by atoms with E-state index in [2.05, 4.69) is 11.0 Å². The highest BCUT2D eigenvalue weighted by Crippen LogP contribution is 2.18. The zero-order chi connectivity index (χ0) is 10.7. The van der Waals surface area contributed by atoms with Gasteiger partial charge in [-0.2, -0.15) is 5.26 Å². The zero-order valence-electron chi connectivity index (χ0n) is 9.03. The Kier molecular flexibility index (Phi) is 3.48. The van der Waals surface area contributed by atoms with Crippen LogP contribution in [0.1, 0.15) is 13.3 Å². The van der Waals surface area contributed by atoms with Gasteiger partial charge in [-0.05, 0) is 13.3 Å². The number of amides is 1. The lowest BCUT2D eigenvalue weighted by Crippen LogP contribution is -2.43. The molecule has 78 valence electrons. The summed E-state index contributed by atoms with van der Waals surface area (Å²) in [5, 5.41) is 8.74. The number of carbonyl (C=O) groups excluding carboxylic acids is 1. The summed E-state index contributed by atoms with van der Waals surface area (Å²) in [6, 6.07) is 2.16. The second-order valence-corrected chi connectivity index (χ2v) is 4.02. The summed E-state index contributed by atoms with van der Waals surface area (Å²) in [6.45, 7) is 3.50. The first-order valence-electron chi connectivity index (χ1n) is 4.91. The maximum absolute atomic E-state index is 11.6. The molecule has 0 saturated carbocycles. The highest BCUT2D eigenvalue weighted by atomic mass is 16.2. The molecule has 0 radical (unpaired) electrons. The molecular weight excluding hydrogens is 178 g/mol. The van der Waals surface area contributed by atoms with Gasteiger partial charge in [0.25, 0.3) is 0 Å². The van der Waals surface area contributed by atoms with Gasteiger partial charge in [0.1, 0.15) is 0 Å². The number of rotatable bonds is 2. The van der Waals surface area contributed by atoms with E-state index in [-0.39, 0.29) is 17.9 Å². The molecule has 1 fully saturated rings. The number of likely N-dealkylation sites (tertiary alicyclic amines) is 1. The fraction of sp³-hybridized carbons (Fsp3) is 0.800. The molecule has 4 nitrogen and oxygen atoms in total. The van der Waals surface area contributed by atoms with E-state index < -0.39 is 0 Å². The van der Waals surface area contributed by atoms with Gasteiger partial charge in [0, 0.05) is 27.2 Å². The van der Waals surface area contributed by atoms with E-state index in [0.717, 1.165) is 19.5 Å². The van der Waals surface area contributed by atoms with Gasteiger partial charge in [0.2, 0.25) is 5.91 Å². The summed E-state index contributed by atoms with van der Waals surface area (Å²) in [5.74, 6) is 0.219. The lowest BCUT2D eigenvalue weighted by atomic mass is 10.1. The van der Waals surface area contributed by atoms with Crippen molar-refractivity contribution in [2.75, 3.05) is 27.2 Å². The summed E-state index contributed by atoms with van der Waals surface area (Å²) in [7, 11) is 3.52. The second kappa shape index (κ2) is 4.43. The highest BCUT2D eigenvalue weighted by Gasteiger charge is 2.29. The lowest BCUT2D eigenvalue weighted by Gasteiger charge is -2.25. The minimum Gasteiger partial charge on any atom is -0.347 e. The van der Waals surface area contributed by atoms with Crippen LogP contribution in [0.3, 0.4) is 0 Å². The molecule has 0 aromatic rings. The first-order chi connectivity index (χ1) is 6.56. The first kappa shape index (κ1) is 11.0. The van der Waals surface area contributed by atoms with Crippen LogP contribution >= 0.6 is 0 Å². The normalized spacial score (nSPS) is 24.3. The van der Waals surface area contributed by atoms with Gasteiger partial charge in [0.05, 0.1) is 18.0 Å². The minimum atomic E-state index is -0.0941. The molecule has 2 unspecified atom stereocenters.